The Morgan fingerprint density at radius 2 is 1.33 bits per heavy atom. The van der Waals surface area contributed by atoms with Crippen LogP contribution >= 0.6 is 58.8 Å². The minimum Gasteiger partial charge on any atom is -0.390 e. The summed E-state index contributed by atoms with van der Waals surface area (Å²) in [6, 6.07) is 10.2. The summed E-state index contributed by atoms with van der Waals surface area (Å²) in [7, 11) is 0. The summed E-state index contributed by atoms with van der Waals surface area (Å²) in [4.78, 5) is 22.4. The first-order chi connectivity index (χ1) is 16.5. The van der Waals surface area contributed by atoms with E-state index in [2.05, 4.69) is 30.2 Å². The molecule has 0 unspecified atom stereocenters. The van der Waals surface area contributed by atoms with Crippen molar-refractivity contribution >= 4 is 82.0 Å². The van der Waals surface area contributed by atoms with Crippen LogP contribution in [0, 0.1) is 0 Å². The van der Waals surface area contributed by atoms with Crippen molar-refractivity contribution in [1.82, 2.24) is 43.8 Å². The average Bonchev–Trinajstić information content (AvgIpc) is 3.57. The highest BCUT2D eigenvalue weighted by atomic mass is 127. The summed E-state index contributed by atoms with van der Waals surface area (Å²) >= 11 is 16.9. The van der Waals surface area contributed by atoms with E-state index < -0.39 is 0 Å². The first kappa shape index (κ1) is 29.3. The smallest absolute Gasteiger partial charge is 0.170 e. The van der Waals surface area contributed by atoms with E-state index >= 15 is 0 Å². The molecule has 0 aliphatic heterocycles. The average molecular weight is 663 g/mol. The fraction of sp³-hybridized carbons (Fsp3) is 0.0952. The predicted molar refractivity (Wildman–Crippen MR) is 147 cm³/mol. The van der Waals surface area contributed by atoms with Gasteiger partial charge in [0.05, 0.1) is 24.7 Å². The SMILES string of the molecule is C.Clc1ccc2nccn2n1.I.O=Cc1cnc2ccc(Cl)nn12.OCc1cnc2ccc(Cl)nn12. The molecule has 36 heavy (non-hydrogen) atoms. The van der Waals surface area contributed by atoms with Crippen molar-refractivity contribution < 1.29 is 9.90 Å². The van der Waals surface area contributed by atoms with Gasteiger partial charge >= 0.3 is 0 Å². The molecule has 6 aromatic rings. The van der Waals surface area contributed by atoms with Crippen LogP contribution in [-0.4, -0.2) is 55.2 Å². The topological polar surface area (TPSA) is 128 Å². The molecule has 6 rings (SSSR count). The number of nitrogens with zero attached hydrogens (tertiary/aromatic N) is 9. The summed E-state index contributed by atoms with van der Waals surface area (Å²) in [5, 5.41) is 21.9. The van der Waals surface area contributed by atoms with Crippen LogP contribution in [0.25, 0.3) is 16.9 Å². The highest BCUT2D eigenvalue weighted by molar-refractivity contribution is 14.0. The van der Waals surface area contributed by atoms with E-state index in [1.165, 1.54) is 15.2 Å². The van der Waals surface area contributed by atoms with Gasteiger partial charge in [-0.15, -0.1) is 24.0 Å². The predicted octanol–water partition coefficient (Wildman–Crippen LogP) is 4.71. The lowest BCUT2D eigenvalue weighted by molar-refractivity contribution is 0.111. The molecule has 15 heteroatoms. The Kier molecular flexibility index (Phi) is 10.9. The van der Waals surface area contributed by atoms with Gasteiger partial charge in [0.2, 0.25) is 0 Å². The first-order valence-corrected chi connectivity index (χ1v) is 10.6. The van der Waals surface area contributed by atoms with Gasteiger partial charge in [-0.25, -0.2) is 28.5 Å². The summed E-state index contributed by atoms with van der Waals surface area (Å²) < 4.78 is 4.54. The molecule has 1 N–H and O–H groups in total. The van der Waals surface area contributed by atoms with Gasteiger partial charge in [0.15, 0.2) is 23.2 Å². The Bertz CT molecular complexity index is 1590. The number of hydrogen-bond donors (Lipinski definition) is 1. The second kappa shape index (κ2) is 13.4. The third-order valence-corrected chi connectivity index (χ3v) is 4.87. The number of aromatic nitrogens is 9. The molecule has 11 nitrogen and oxygen atoms in total. The van der Waals surface area contributed by atoms with Crippen LogP contribution in [0.15, 0.2) is 61.2 Å². The Labute approximate surface area is 236 Å². The number of fused-ring (bicyclic) bond motifs is 3. The van der Waals surface area contributed by atoms with E-state index in [1.54, 1.807) is 53.4 Å². The zero-order valence-corrected chi connectivity index (χ0v) is 22.1. The third kappa shape index (κ3) is 6.85. The Balaban J connectivity index is 0.000000186. The fourth-order valence-electron chi connectivity index (χ4n) is 2.75. The number of carbonyl (C=O) groups excluding carboxylic acids is 1. The Morgan fingerprint density at radius 3 is 1.97 bits per heavy atom. The molecular weight excluding hydrogens is 644 g/mol. The molecule has 0 radical (unpaired) electrons. The molecule has 0 amide bonds. The second-order valence-corrected chi connectivity index (χ2v) is 7.61. The molecule has 6 heterocycles. The maximum absolute atomic E-state index is 10.4. The van der Waals surface area contributed by atoms with Gasteiger partial charge < -0.3 is 5.11 Å². The minimum absolute atomic E-state index is 0. The maximum atomic E-state index is 10.4. The van der Waals surface area contributed by atoms with Crippen LogP contribution in [0.5, 0.6) is 0 Å². The van der Waals surface area contributed by atoms with E-state index in [-0.39, 0.29) is 38.0 Å². The molecule has 0 aliphatic rings. The van der Waals surface area contributed by atoms with Crippen molar-refractivity contribution in [2.24, 2.45) is 0 Å². The van der Waals surface area contributed by atoms with Gasteiger partial charge in [-0.05, 0) is 36.4 Å². The number of aliphatic hydroxyl groups is 1. The summed E-state index contributed by atoms with van der Waals surface area (Å²) in [6.45, 7) is -0.0888. The summed E-state index contributed by atoms with van der Waals surface area (Å²) in [6.07, 6.45) is 7.13. The van der Waals surface area contributed by atoms with Crippen molar-refractivity contribution in [3.8, 4) is 0 Å². The molecule has 0 saturated heterocycles. The van der Waals surface area contributed by atoms with Crippen LogP contribution < -0.4 is 0 Å². The molecule has 188 valence electrons. The van der Waals surface area contributed by atoms with Gasteiger partial charge in [-0.3, -0.25) is 4.79 Å². The highest BCUT2D eigenvalue weighted by Crippen LogP contribution is 2.09. The number of hydrogen-bond acceptors (Lipinski definition) is 8. The maximum Gasteiger partial charge on any atom is 0.170 e. The van der Waals surface area contributed by atoms with Crippen molar-refractivity contribution in [2.75, 3.05) is 0 Å². The number of rotatable bonds is 2. The van der Waals surface area contributed by atoms with Crippen LogP contribution in [0.2, 0.25) is 15.5 Å². The van der Waals surface area contributed by atoms with Crippen LogP contribution in [0.3, 0.4) is 0 Å². The quantitative estimate of drug-likeness (QED) is 0.209. The Hall–Kier alpha value is -2.91. The van der Waals surface area contributed by atoms with Gasteiger partial charge in [0, 0.05) is 12.4 Å². The second-order valence-electron chi connectivity index (χ2n) is 6.45. The van der Waals surface area contributed by atoms with Gasteiger partial charge in [0.1, 0.15) is 21.2 Å². The normalized spacial score (nSPS) is 10.0. The van der Waals surface area contributed by atoms with E-state index in [0.29, 0.717) is 44.4 Å². The van der Waals surface area contributed by atoms with Crippen LogP contribution in [0.4, 0.5) is 0 Å². The molecule has 6 aromatic heterocycles. The Morgan fingerprint density at radius 1 is 0.778 bits per heavy atom. The highest BCUT2D eigenvalue weighted by Gasteiger charge is 2.03. The van der Waals surface area contributed by atoms with E-state index in [4.69, 9.17) is 39.9 Å². The lowest BCUT2D eigenvalue weighted by Gasteiger charge is -1.95. The standard InChI is InChI=1S/C7H6ClN3O.C7H4ClN3O.C6H4ClN3.CH4.HI/c2*8-6-1-2-7-9-3-5(4-12)11(7)10-6;7-5-1-2-6-8-3-4-10(6)9-5;;/h1-3,12H,4H2;1-4H;1-4H;1H4;1H. The van der Waals surface area contributed by atoms with Crippen LogP contribution in [0.1, 0.15) is 23.6 Å². The zero-order valence-electron chi connectivity index (χ0n) is 17.5. The molecule has 0 bridgehead atoms. The van der Waals surface area contributed by atoms with Crippen molar-refractivity contribution in [3.63, 3.8) is 0 Å². The van der Waals surface area contributed by atoms with Crippen LogP contribution in [-0.2, 0) is 6.61 Å². The van der Waals surface area contributed by atoms with Gasteiger partial charge in [-0.2, -0.15) is 15.3 Å². The van der Waals surface area contributed by atoms with Crippen molar-refractivity contribution in [2.45, 2.75) is 14.0 Å². The molecule has 0 aromatic carbocycles. The molecular formula is C21H19Cl3IN9O2. The largest absolute Gasteiger partial charge is 0.390 e. The zero-order chi connectivity index (χ0) is 24.1. The molecule has 0 atom stereocenters. The monoisotopic (exact) mass is 661 g/mol. The van der Waals surface area contributed by atoms with E-state index in [9.17, 15) is 4.79 Å². The third-order valence-electron chi connectivity index (χ3n) is 4.26. The molecule has 0 fully saturated rings. The van der Waals surface area contributed by atoms with Crippen molar-refractivity contribution in [3.05, 3.63) is 88.0 Å². The van der Waals surface area contributed by atoms with E-state index in [1.807, 2.05) is 6.07 Å². The minimum atomic E-state index is -0.0888. The number of aldehydes is 1. The van der Waals surface area contributed by atoms with E-state index in [0.717, 1.165) is 5.65 Å². The molecule has 0 aliphatic carbocycles. The van der Waals surface area contributed by atoms with Crippen molar-refractivity contribution in [1.29, 1.82) is 0 Å². The summed E-state index contributed by atoms with van der Waals surface area (Å²) in [5.41, 5.74) is 3.13. The first-order valence-electron chi connectivity index (χ1n) is 9.50. The molecule has 0 spiro atoms. The number of carbonyl (C=O) groups is 1. The fourth-order valence-corrected chi connectivity index (χ4v) is 3.17. The lowest BCUT2D eigenvalue weighted by Crippen LogP contribution is -1.96. The number of halogens is 4. The number of aliphatic hydroxyl groups excluding tert-OH is 1. The van der Waals surface area contributed by atoms with Gasteiger partial charge in [0.25, 0.3) is 0 Å². The van der Waals surface area contributed by atoms with Gasteiger partial charge in [-0.1, -0.05) is 42.2 Å². The number of imidazole rings is 3. The summed E-state index contributed by atoms with van der Waals surface area (Å²) in [5.74, 6) is 0. The molecule has 0 saturated carbocycles. The lowest BCUT2D eigenvalue weighted by atomic mass is 10.5.